The summed E-state index contributed by atoms with van der Waals surface area (Å²) in [6.07, 6.45) is 4.74. The molecule has 3 heterocycles. The second-order valence-corrected chi connectivity index (χ2v) is 10.2. The number of fused-ring (bicyclic) bond motifs is 1. The van der Waals surface area contributed by atoms with E-state index in [9.17, 15) is 8.42 Å². The van der Waals surface area contributed by atoms with Crippen molar-refractivity contribution in [3.63, 3.8) is 0 Å². The standard InChI is InChI=1S/C14H20N4O2S3/c1-4-14(5-2)8-18(6-7-23(14,19)20)12-10-11(15-9-16-12)17-13(21-3)22-10/h9H,4-8H2,1-3H3. The third kappa shape index (κ3) is 2.72. The van der Waals surface area contributed by atoms with Crippen LogP contribution in [0.25, 0.3) is 10.3 Å². The van der Waals surface area contributed by atoms with Crippen molar-refractivity contribution in [1.29, 1.82) is 0 Å². The number of aromatic nitrogens is 3. The van der Waals surface area contributed by atoms with Gasteiger partial charge >= 0.3 is 0 Å². The lowest BCUT2D eigenvalue weighted by Crippen LogP contribution is -2.56. The molecule has 23 heavy (non-hydrogen) atoms. The predicted octanol–water partition coefficient (Wildman–Crippen LogP) is 2.60. The lowest BCUT2D eigenvalue weighted by molar-refractivity contribution is 0.458. The molecule has 1 saturated heterocycles. The van der Waals surface area contributed by atoms with Crippen LogP contribution in [-0.2, 0) is 9.84 Å². The normalized spacial score (nSPS) is 20.0. The molecule has 126 valence electrons. The van der Waals surface area contributed by atoms with E-state index < -0.39 is 14.6 Å². The minimum absolute atomic E-state index is 0.175. The highest BCUT2D eigenvalue weighted by Gasteiger charge is 2.45. The van der Waals surface area contributed by atoms with Crippen molar-refractivity contribution in [1.82, 2.24) is 15.0 Å². The molecule has 3 rings (SSSR count). The third-order valence-corrected chi connectivity index (χ3v) is 9.46. The van der Waals surface area contributed by atoms with Crippen molar-refractivity contribution in [2.75, 3.05) is 30.0 Å². The molecule has 0 saturated carbocycles. The van der Waals surface area contributed by atoms with Crippen LogP contribution < -0.4 is 4.90 Å². The molecule has 2 aromatic heterocycles. The Morgan fingerprint density at radius 1 is 1.35 bits per heavy atom. The van der Waals surface area contributed by atoms with Gasteiger partial charge in [-0.15, -0.1) is 11.3 Å². The molecule has 1 aliphatic heterocycles. The smallest absolute Gasteiger partial charge is 0.176 e. The first-order chi connectivity index (χ1) is 11.0. The number of thioether (sulfide) groups is 1. The fourth-order valence-corrected chi connectivity index (χ4v) is 6.76. The van der Waals surface area contributed by atoms with Gasteiger partial charge in [0.25, 0.3) is 0 Å². The molecule has 0 bridgehead atoms. The van der Waals surface area contributed by atoms with E-state index in [4.69, 9.17) is 0 Å². The van der Waals surface area contributed by atoms with Crippen molar-refractivity contribution < 1.29 is 8.42 Å². The van der Waals surface area contributed by atoms with Crippen molar-refractivity contribution in [2.45, 2.75) is 35.8 Å². The van der Waals surface area contributed by atoms with Gasteiger partial charge in [0, 0.05) is 13.1 Å². The van der Waals surface area contributed by atoms with E-state index in [-0.39, 0.29) is 5.75 Å². The summed E-state index contributed by atoms with van der Waals surface area (Å²) in [6, 6.07) is 0. The molecule has 0 aliphatic carbocycles. The fourth-order valence-electron chi connectivity index (χ4n) is 3.10. The van der Waals surface area contributed by atoms with Crippen molar-refractivity contribution in [3.8, 4) is 0 Å². The first-order valence-corrected chi connectivity index (χ1v) is 11.3. The summed E-state index contributed by atoms with van der Waals surface area (Å²) in [4.78, 5) is 15.3. The van der Waals surface area contributed by atoms with Gasteiger partial charge in [0.2, 0.25) is 0 Å². The zero-order chi connectivity index (χ0) is 16.7. The van der Waals surface area contributed by atoms with Crippen LogP contribution in [0, 0.1) is 0 Å². The number of nitrogens with zero attached hydrogens (tertiary/aromatic N) is 4. The Kier molecular flexibility index (Phi) is 4.54. The number of thiazole rings is 1. The van der Waals surface area contributed by atoms with Gasteiger partial charge < -0.3 is 4.90 Å². The highest BCUT2D eigenvalue weighted by Crippen LogP contribution is 2.37. The van der Waals surface area contributed by atoms with Crippen molar-refractivity contribution in [2.24, 2.45) is 0 Å². The van der Waals surface area contributed by atoms with Gasteiger partial charge in [0.15, 0.2) is 25.6 Å². The maximum Gasteiger partial charge on any atom is 0.176 e. The quantitative estimate of drug-likeness (QED) is 0.764. The number of sulfone groups is 1. The van der Waals surface area contributed by atoms with E-state index in [1.165, 1.54) is 6.33 Å². The van der Waals surface area contributed by atoms with Gasteiger partial charge in [0.05, 0.1) is 10.5 Å². The lowest BCUT2D eigenvalue weighted by Gasteiger charge is -2.41. The van der Waals surface area contributed by atoms with Crippen LogP contribution >= 0.6 is 23.1 Å². The molecular weight excluding hydrogens is 352 g/mol. The molecule has 0 amide bonds. The molecule has 0 unspecified atom stereocenters. The fraction of sp³-hybridized carbons (Fsp3) is 0.643. The van der Waals surface area contributed by atoms with Gasteiger partial charge in [-0.2, -0.15) is 0 Å². The summed E-state index contributed by atoms with van der Waals surface area (Å²) in [5, 5.41) is 0. The summed E-state index contributed by atoms with van der Waals surface area (Å²) in [6.45, 7) is 4.88. The van der Waals surface area contributed by atoms with Crippen LogP contribution in [0.15, 0.2) is 10.7 Å². The maximum absolute atomic E-state index is 12.6. The Morgan fingerprint density at radius 3 is 2.74 bits per heavy atom. The highest BCUT2D eigenvalue weighted by atomic mass is 32.2. The minimum Gasteiger partial charge on any atom is -0.353 e. The zero-order valence-corrected chi connectivity index (χ0v) is 15.9. The molecule has 2 aromatic rings. The molecule has 0 N–H and O–H groups in total. The van der Waals surface area contributed by atoms with Gasteiger partial charge in [-0.1, -0.05) is 25.6 Å². The molecule has 1 fully saturated rings. The van der Waals surface area contributed by atoms with Gasteiger partial charge in [-0.05, 0) is 19.1 Å². The molecule has 1 aliphatic rings. The number of hydrogen-bond acceptors (Lipinski definition) is 8. The van der Waals surface area contributed by atoms with E-state index >= 15 is 0 Å². The average Bonchev–Trinajstić information content (AvgIpc) is 2.98. The number of hydrogen-bond donors (Lipinski definition) is 0. The van der Waals surface area contributed by atoms with Crippen LogP contribution in [0.4, 0.5) is 5.82 Å². The van der Waals surface area contributed by atoms with Crippen molar-refractivity contribution in [3.05, 3.63) is 6.33 Å². The summed E-state index contributed by atoms with van der Waals surface area (Å²) >= 11 is 3.15. The lowest BCUT2D eigenvalue weighted by atomic mass is 10.0. The summed E-state index contributed by atoms with van der Waals surface area (Å²) in [5.41, 5.74) is 0.691. The summed E-state index contributed by atoms with van der Waals surface area (Å²) in [5.74, 6) is 0.989. The predicted molar refractivity (Wildman–Crippen MR) is 96.3 cm³/mol. The maximum atomic E-state index is 12.6. The number of anilines is 1. The van der Waals surface area contributed by atoms with Crippen LogP contribution in [0.5, 0.6) is 0 Å². The van der Waals surface area contributed by atoms with Crippen LogP contribution in [-0.4, -0.2) is 53.2 Å². The van der Waals surface area contributed by atoms with Crippen LogP contribution in [0.1, 0.15) is 26.7 Å². The zero-order valence-electron chi connectivity index (χ0n) is 13.4. The summed E-state index contributed by atoms with van der Waals surface area (Å²) < 4.78 is 26.4. The monoisotopic (exact) mass is 372 g/mol. The van der Waals surface area contributed by atoms with E-state index in [0.717, 1.165) is 14.9 Å². The van der Waals surface area contributed by atoms with Gasteiger partial charge in [-0.25, -0.2) is 23.4 Å². The second kappa shape index (κ2) is 6.18. The first kappa shape index (κ1) is 16.9. The molecule has 6 nitrogen and oxygen atoms in total. The Hall–Kier alpha value is -0.930. The largest absolute Gasteiger partial charge is 0.353 e. The molecular formula is C14H20N4O2S3. The van der Waals surface area contributed by atoms with E-state index in [2.05, 4.69) is 19.9 Å². The van der Waals surface area contributed by atoms with E-state index in [1.807, 2.05) is 20.1 Å². The van der Waals surface area contributed by atoms with E-state index in [0.29, 0.717) is 31.6 Å². The Morgan fingerprint density at radius 2 is 2.09 bits per heavy atom. The highest BCUT2D eigenvalue weighted by molar-refractivity contribution is 8.00. The van der Waals surface area contributed by atoms with Gasteiger partial charge in [0.1, 0.15) is 11.0 Å². The molecule has 0 radical (unpaired) electrons. The average molecular weight is 373 g/mol. The van der Waals surface area contributed by atoms with Crippen LogP contribution in [0.2, 0.25) is 0 Å². The number of rotatable bonds is 4. The minimum atomic E-state index is -3.08. The SMILES string of the molecule is CCC1(CC)CN(c2ncnc3nc(SC)sc23)CCS1(=O)=O. The van der Waals surface area contributed by atoms with Crippen molar-refractivity contribution >= 4 is 49.1 Å². The topological polar surface area (TPSA) is 76.1 Å². The Bertz CT molecular complexity index is 815. The van der Waals surface area contributed by atoms with Gasteiger partial charge in [-0.3, -0.25) is 0 Å². The molecule has 0 atom stereocenters. The van der Waals surface area contributed by atoms with Crippen LogP contribution in [0.3, 0.4) is 0 Å². The molecule has 0 aromatic carbocycles. The first-order valence-electron chi connectivity index (χ1n) is 7.59. The van der Waals surface area contributed by atoms with E-state index in [1.54, 1.807) is 23.1 Å². The Labute approximate surface area is 144 Å². The summed E-state index contributed by atoms with van der Waals surface area (Å²) in [7, 11) is -3.08. The molecule has 9 heteroatoms. The Balaban J connectivity index is 2.04. The third-order valence-electron chi connectivity index (χ3n) is 4.68. The molecule has 0 spiro atoms. The second-order valence-electron chi connectivity index (χ2n) is 5.66.